The minimum Gasteiger partial charge on any atom is -0.449 e. The minimum absolute atomic E-state index is 0.0494. The second kappa shape index (κ2) is 18.3. The molecule has 0 aliphatic rings. The lowest BCUT2D eigenvalue weighted by atomic mass is 10.1. The summed E-state index contributed by atoms with van der Waals surface area (Å²) in [5, 5.41) is 5.81. The summed E-state index contributed by atoms with van der Waals surface area (Å²) in [5.41, 5.74) is 2.82. The van der Waals surface area contributed by atoms with E-state index in [-0.39, 0.29) is 29.0 Å². The van der Waals surface area contributed by atoms with E-state index in [0.29, 0.717) is 59.3 Å². The van der Waals surface area contributed by atoms with Gasteiger partial charge in [-0.3, -0.25) is 9.36 Å². The van der Waals surface area contributed by atoms with Gasteiger partial charge in [0.25, 0.3) is 15.6 Å². The van der Waals surface area contributed by atoms with Crippen molar-refractivity contribution in [1.82, 2.24) is 19.6 Å². The number of rotatable bonds is 14. The Balaban J connectivity index is 0.00000307. The number of carbonyl (C=O) groups excluding carboxylic acids is 2. The van der Waals surface area contributed by atoms with Gasteiger partial charge in [-0.1, -0.05) is 71.7 Å². The third-order valence-corrected chi connectivity index (χ3v) is 10.2. The first kappa shape index (κ1) is 38.2. The zero-order valence-corrected chi connectivity index (χ0v) is 30.3. The van der Waals surface area contributed by atoms with Gasteiger partial charge >= 0.3 is 12.1 Å². The smallest absolute Gasteiger partial charge is 0.421 e. The highest BCUT2D eigenvalue weighted by Crippen LogP contribution is 2.36. The fourth-order valence-electron chi connectivity index (χ4n) is 4.92. The second-order valence-electron chi connectivity index (χ2n) is 10.8. The Morgan fingerprint density at radius 3 is 2.29 bits per heavy atom. The first-order valence-corrected chi connectivity index (χ1v) is 18.9. The SMILES string of the molecule is CC.CCCCOC(=O)NS(=O)(=O)c1sc(CCC)cc1-c1ccc(Cn2c(CCC)nc3ccc(NC(=O)NCC)cc3c2=O)cc1. The maximum absolute atomic E-state index is 13.8. The molecule has 0 spiro atoms. The third kappa shape index (κ3) is 9.89. The number of hydrogen-bond acceptors (Lipinski definition) is 8. The summed E-state index contributed by atoms with van der Waals surface area (Å²) in [6, 6.07) is 13.9. The van der Waals surface area contributed by atoms with Crippen molar-refractivity contribution in [3.8, 4) is 11.1 Å². The van der Waals surface area contributed by atoms with Gasteiger partial charge in [0.15, 0.2) is 0 Å². The maximum Gasteiger partial charge on any atom is 0.421 e. The summed E-state index contributed by atoms with van der Waals surface area (Å²) < 4.78 is 35.3. The molecule has 0 saturated heterocycles. The Labute approximate surface area is 287 Å². The van der Waals surface area contributed by atoms with Crippen LogP contribution in [-0.4, -0.2) is 43.2 Å². The first-order valence-electron chi connectivity index (χ1n) is 16.6. The molecule has 0 fully saturated rings. The van der Waals surface area contributed by atoms with Gasteiger partial charge in [-0.2, -0.15) is 0 Å². The number of nitrogens with zero attached hydrogens (tertiary/aromatic N) is 2. The van der Waals surface area contributed by atoms with E-state index in [0.717, 1.165) is 41.0 Å². The lowest BCUT2D eigenvalue weighted by molar-refractivity contribution is 0.151. The molecule has 260 valence electrons. The van der Waals surface area contributed by atoms with Crippen LogP contribution in [0.2, 0.25) is 0 Å². The summed E-state index contributed by atoms with van der Waals surface area (Å²) in [4.78, 5) is 43.7. The molecule has 2 heterocycles. The van der Waals surface area contributed by atoms with E-state index < -0.39 is 16.1 Å². The molecule has 0 radical (unpaired) electrons. The van der Waals surface area contributed by atoms with Gasteiger partial charge in [-0.15, -0.1) is 11.3 Å². The summed E-state index contributed by atoms with van der Waals surface area (Å²) in [5.74, 6) is 0.654. The highest BCUT2D eigenvalue weighted by atomic mass is 32.2. The van der Waals surface area contributed by atoms with Crippen LogP contribution in [0.1, 0.15) is 83.5 Å². The molecule has 2 aromatic carbocycles. The number of aryl methyl sites for hydroxylation is 2. The number of sulfonamides is 1. The third-order valence-electron chi connectivity index (χ3n) is 7.15. The number of thiophene rings is 1. The van der Waals surface area contributed by atoms with Crippen molar-refractivity contribution in [2.45, 2.75) is 90.8 Å². The van der Waals surface area contributed by atoms with Crippen LogP contribution in [0, 0.1) is 0 Å². The number of nitrogens with one attached hydrogen (secondary N) is 3. The van der Waals surface area contributed by atoms with Crippen LogP contribution >= 0.6 is 11.3 Å². The number of aromatic nitrogens is 2. The van der Waals surface area contributed by atoms with Crippen molar-refractivity contribution in [2.24, 2.45) is 0 Å². The van der Waals surface area contributed by atoms with E-state index in [1.165, 1.54) is 0 Å². The predicted octanol–water partition coefficient (Wildman–Crippen LogP) is 7.46. The van der Waals surface area contributed by atoms with Gasteiger partial charge in [0, 0.05) is 29.1 Å². The molecule has 4 rings (SSSR count). The number of amides is 3. The molecule has 0 aliphatic heterocycles. The predicted molar refractivity (Wildman–Crippen MR) is 193 cm³/mol. The largest absolute Gasteiger partial charge is 0.449 e. The minimum atomic E-state index is -4.17. The molecule has 0 aliphatic carbocycles. The molecule has 11 nitrogen and oxygen atoms in total. The fourth-order valence-corrected chi connectivity index (χ4v) is 7.65. The molecule has 48 heavy (non-hydrogen) atoms. The molecule has 0 atom stereocenters. The highest BCUT2D eigenvalue weighted by molar-refractivity contribution is 7.92. The standard InChI is InChI=1S/C33H41N5O6S2.C2H6/c1-5-9-18-44-33(41)37-46(42,43)31-26(20-25(45-31)10-6-2)23-14-12-22(13-15-23)21-38-29(11-7-3)36-28-17-16-24(19-27(28)30(38)39)35-32(40)34-8-4;1-2/h12-17,19-20H,5-11,18,21H2,1-4H3,(H,37,41)(H2,34,35,40);1-2H3. The highest BCUT2D eigenvalue weighted by Gasteiger charge is 2.26. The van der Waals surface area contributed by atoms with Crippen LogP contribution in [0.4, 0.5) is 15.3 Å². The van der Waals surface area contributed by atoms with Crippen molar-refractivity contribution in [3.05, 3.63) is 75.1 Å². The molecule has 0 unspecified atom stereocenters. The monoisotopic (exact) mass is 697 g/mol. The van der Waals surface area contributed by atoms with Crippen molar-refractivity contribution in [1.29, 1.82) is 0 Å². The van der Waals surface area contributed by atoms with Crippen molar-refractivity contribution >= 4 is 50.1 Å². The summed E-state index contributed by atoms with van der Waals surface area (Å²) >= 11 is 1.14. The molecular weight excluding hydrogens is 651 g/mol. The molecule has 0 saturated carbocycles. The van der Waals surface area contributed by atoms with Crippen LogP contribution in [0.25, 0.3) is 22.0 Å². The Bertz CT molecular complexity index is 1850. The topological polar surface area (TPSA) is 148 Å². The van der Waals surface area contributed by atoms with E-state index in [1.54, 1.807) is 22.8 Å². The summed E-state index contributed by atoms with van der Waals surface area (Å²) in [7, 11) is -4.17. The van der Waals surface area contributed by atoms with Gasteiger partial charge in [0.05, 0.1) is 24.1 Å². The van der Waals surface area contributed by atoms with E-state index in [9.17, 15) is 22.8 Å². The average molecular weight is 698 g/mol. The molecule has 3 N–H and O–H groups in total. The van der Waals surface area contributed by atoms with Gasteiger partial charge in [-0.05, 0) is 61.6 Å². The van der Waals surface area contributed by atoms with Gasteiger partial charge in [0.1, 0.15) is 10.0 Å². The van der Waals surface area contributed by atoms with Gasteiger partial charge in [-0.25, -0.2) is 27.7 Å². The van der Waals surface area contributed by atoms with Crippen LogP contribution < -0.4 is 20.9 Å². The second-order valence-corrected chi connectivity index (χ2v) is 13.9. The Hall–Kier alpha value is -4.23. The number of fused-ring (bicyclic) bond motifs is 1. The number of anilines is 1. The van der Waals surface area contributed by atoms with Crippen LogP contribution in [0.5, 0.6) is 0 Å². The maximum atomic E-state index is 13.8. The molecule has 3 amide bonds. The molecule has 2 aromatic heterocycles. The lowest BCUT2D eigenvalue weighted by Gasteiger charge is -2.15. The molecule has 4 aromatic rings. The van der Waals surface area contributed by atoms with Gasteiger partial charge < -0.3 is 15.4 Å². The normalized spacial score (nSPS) is 11.0. The summed E-state index contributed by atoms with van der Waals surface area (Å²) in [6.07, 6.45) is 3.39. The number of urea groups is 1. The lowest BCUT2D eigenvalue weighted by Crippen LogP contribution is -2.31. The average Bonchev–Trinajstić information content (AvgIpc) is 3.50. The Morgan fingerprint density at radius 1 is 0.938 bits per heavy atom. The zero-order chi connectivity index (χ0) is 35.3. The summed E-state index contributed by atoms with van der Waals surface area (Å²) in [6.45, 7) is 12.7. The quantitative estimate of drug-likeness (QED) is 0.116. The molecular formula is C35H47N5O6S2. The zero-order valence-electron chi connectivity index (χ0n) is 28.6. The molecule has 13 heteroatoms. The number of carbonyl (C=O) groups is 2. The Morgan fingerprint density at radius 2 is 1.65 bits per heavy atom. The van der Waals surface area contributed by atoms with E-state index in [1.807, 2.05) is 71.9 Å². The van der Waals surface area contributed by atoms with Crippen molar-refractivity contribution < 1.29 is 22.7 Å². The Kier molecular flexibility index (Phi) is 14.6. The van der Waals surface area contributed by atoms with Gasteiger partial charge in [0.2, 0.25) is 0 Å². The van der Waals surface area contributed by atoms with Crippen molar-refractivity contribution in [3.63, 3.8) is 0 Å². The molecule has 0 bridgehead atoms. The first-order chi connectivity index (χ1) is 23.1. The van der Waals surface area contributed by atoms with Crippen LogP contribution in [-0.2, 0) is 34.1 Å². The number of benzene rings is 2. The van der Waals surface area contributed by atoms with E-state index in [4.69, 9.17) is 9.72 Å². The van der Waals surface area contributed by atoms with E-state index in [2.05, 4.69) is 15.4 Å². The van der Waals surface area contributed by atoms with Crippen LogP contribution in [0.3, 0.4) is 0 Å². The number of hydrogen-bond donors (Lipinski definition) is 3. The van der Waals surface area contributed by atoms with E-state index >= 15 is 0 Å². The van der Waals surface area contributed by atoms with Crippen molar-refractivity contribution in [2.75, 3.05) is 18.5 Å². The van der Waals surface area contributed by atoms with Crippen LogP contribution in [0.15, 0.2) is 57.5 Å². The fraction of sp³-hybridized carbons (Fsp3) is 0.429. The number of ether oxygens (including phenoxy) is 1. The number of unbranched alkanes of at least 4 members (excludes halogenated alkanes) is 1.